The molecule has 1 heterocycles. The van der Waals surface area contributed by atoms with Gasteiger partial charge in [0.2, 0.25) is 12.7 Å². The lowest BCUT2D eigenvalue weighted by Gasteiger charge is -2.11. The summed E-state index contributed by atoms with van der Waals surface area (Å²) >= 11 is 0. The van der Waals surface area contributed by atoms with E-state index in [0.717, 1.165) is 12.0 Å². The van der Waals surface area contributed by atoms with E-state index in [1.54, 1.807) is 0 Å². The topological polar surface area (TPSA) is 29.2 Å². The zero-order valence-electron chi connectivity index (χ0n) is 6.83. The van der Waals surface area contributed by atoms with Crippen LogP contribution in [0.2, 0.25) is 0 Å². The second-order valence-electron chi connectivity index (χ2n) is 3.60. The fourth-order valence-electron chi connectivity index (χ4n) is 1.95. The second kappa shape index (κ2) is 2.74. The molecule has 1 aliphatic carbocycles. The van der Waals surface area contributed by atoms with Crippen molar-refractivity contribution in [2.45, 2.75) is 32.2 Å². The summed E-state index contributed by atoms with van der Waals surface area (Å²) in [6.07, 6.45) is 7.84. The molecule has 0 aromatic rings. The monoisotopic (exact) mass is 152 g/mol. The smallest absolute Gasteiger partial charge is 0.214 e. The number of hydrogen-bond acceptors (Lipinski definition) is 2. The van der Waals surface area contributed by atoms with Crippen molar-refractivity contribution in [1.29, 1.82) is 0 Å². The van der Waals surface area contributed by atoms with E-state index in [4.69, 9.17) is 0 Å². The Kier molecular flexibility index (Phi) is 1.74. The largest absolute Gasteiger partial charge is 0.245 e. The molecule has 2 unspecified atom stereocenters. The maximum atomic E-state index is 3.84. The second-order valence-corrected chi connectivity index (χ2v) is 3.60. The summed E-state index contributed by atoms with van der Waals surface area (Å²) in [5.41, 5.74) is 0. The lowest BCUT2D eigenvalue weighted by atomic mass is 10.1. The van der Waals surface area contributed by atoms with Crippen molar-refractivity contribution in [3.63, 3.8) is 0 Å². The zero-order valence-corrected chi connectivity index (χ0v) is 6.83. The highest BCUT2D eigenvalue weighted by Gasteiger charge is 2.29. The lowest BCUT2D eigenvalue weighted by Crippen LogP contribution is -3.12. The summed E-state index contributed by atoms with van der Waals surface area (Å²) in [7, 11) is 0. The van der Waals surface area contributed by atoms with E-state index in [2.05, 4.69) is 17.1 Å². The zero-order chi connectivity index (χ0) is 7.68. The highest BCUT2D eigenvalue weighted by molar-refractivity contribution is 5.63. The van der Waals surface area contributed by atoms with Gasteiger partial charge in [0.25, 0.3) is 0 Å². The predicted molar refractivity (Wildman–Crippen MR) is 44.7 cm³/mol. The Hall–Kier alpha value is -0.700. The van der Waals surface area contributed by atoms with Gasteiger partial charge >= 0.3 is 0 Å². The molecule has 1 aliphatic heterocycles. The fourth-order valence-corrected chi connectivity index (χ4v) is 1.95. The van der Waals surface area contributed by atoms with Crippen molar-refractivity contribution in [2.24, 2.45) is 16.1 Å². The molecule has 0 saturated heterocycles. The third-order valence-corrected chi connectivity index (χ3v) is 2.65. The van der Waals surface area contributed by atoms with Gasteiger partial charge in [-0.25, -0.2) is 4.90 Å². The molecule has 0 spiro atoms. The minimum Gasteiger partial charge on any atom is -0.245 e. The standard InChI is InChI=1S/C8H13N3/c1-7-2-3-8(4-7)11-5-9-10-6-11/h5-8H,2-4H2,1H3/p+1. The van der Waals surface area contributed by atoms with E-state index in [0.29, 0.717) is 0 Å². The molecule has 0 aromatic heterocycles. The Labute approximate surface area is 66.8 Å². The molecule has 3 heteroatoms. The van der Waals surface area contributed by atoms with Gasteiger partial charge in [-0.05, 0) is 12.3 Å². The van der Waals surface area contributed by atoms with Crippen molar-refractivity contribution in [3.8, 4) is 0 Å². The first kappa shape index (κ1) is 6.98. The maximum absolute atomic E-state index is 3.84. The van der Waals surface area contributed by atoms with Gasteiger partial charge in [-0.3, -0.25) is 0 Å². The molecule has 60 valence electrons. The van der Waals surface area contributed by atoms with Crippen molar-refractivity contribution >= 4 is 12.7 Å². The third-order valence-electron chi connectivity index (χ3n) is 2.65. The quantitative estimate of drug-likeness (QED) is 0.550. The van der Waals surface area contributed by atoms with Crippen LogP contribution in [-0.4, -0.2) is 18.7 Å². The van der Waals surface area contributed by atoms with Crippen LogP contribution in [0.5, 0.6) is 0 Å². The number of hydrogen-bond donors (Lipinski definition) is 1. The van der Waals surface area contributed by atoms with Crippen molar-refractivity contribution < 1.29 is 4.90 Å². The molecule has 2 rings (SSSR count). The number of nitrogens with one attached hydrogen (secondary N) is 1. The van der Waals surface area contributed by atoms with E-state index >= 15 is 0 Å². The molecule has 1 N–H and O–H groups in total. The minimum absolute atomic E-state index is 0.750. The van der Waals surface area contributed by atoms with Crippen LogP contribution in [0.25, 0.3) is 0 Å². The lowest BCUT2D eigenvalue weighted by molar-refractivity contribution is -0.717. The Bertz CT molecular complexity index is 186. The Morgan fingerprint density at radius 1 is 1.27 bits per heavy atom. The Morgan fingerprint density at radius 3 is 2.55 bits per heavy atom. The van der Waals surface area contributed by atoms with Gasteiger partial charge in [-0.2, -0.15) is 0 Å². The molecule has 0 radical (unpaired) electrons. The first-order valence-corrected chi connectivity index (χ1v) is 4.29. The van der Waals surface area contributed by atoms with E-state index in [9.17, 15) is 0 Å². The van der Waals surface area contributed by atoms with E-state index in [-0.39, 0.29) is 0 Å². The minimum atomic E-state index is 0.750. The highest BCUT2D eigenvalue weighted by atomic mass is 15.4. The van der Waals surface area contributed by atoms with Gasteiger partial charge in [0.15, 0.2) is 0 Å². The molecule has 3 nitrogen and oxygen atoms in total. The SMILES string of the molecule is CC1CCC([NH+]2C=NN=C2)C1. The van der Waals surface area contributed by atoms with E-state index in [1.165, 1.54) is 24.2 Å². The van der Waals surface area contributed by atoms with Crippen LogP contribution in [0, 0.1) is 5.92 Å². The van der Waals surface area contributed by atoms with E-state index in [1.807, 2.05) is 12.7 Å². The maximum Gasteiger partial charge on any atom is 0.214 e. The van der Waals surface area contributed by atoms with Crippen LogP contribution < -0.4 is 4.90 Å². The Balaban J connectivity index is 1.96. The van der Waals surface area contributed by atoms with Gasteiger partial charge in [-0.15, -0.1) is 0 Å². The number of rotatable bonds is 1. The molecule has 0 aromatic carbocycles. The molecule has 0 amide bonds. The summed E-state index contributed by atoms with van der Waals surface area (Å²) in [5, 5.41) is 7.68. The summed E-state index contributed by atoms with van der Waals surface area (Å²) < 4.78 is 0. The molecule has 1 fully saturated rings. The summed E-state index contributed by atoms with van der Waals surface area (Å²) in [6.45, 7) is 2.32. The summed E-state index contributed by atoms with van der Waals surface area (Å²) in [6, 6.07) is 0.750. The summed E-state index contributed by atoms with van der Waals surface area (Å²) in [4.78, 5) is 1.34. The predicted octanol–water partition coefficient (Wildman–Crippen LogP) is 0.0451. The van der Waals surface area contributed by atoms with Crippen molar-refractivity contribution in [1.82, 2.24) is 0 Å². The van der Waals surface area contributed by atoms with Crippen LogP contribution in [0.15, 0.2) is 10.2 Å². The van der Waals surface area contributed by atoms with Gasteiger partial charge in [0.05, 0.1) is 6.04 Å². The van der Waals surface area contributed by atoms with Crippen LogP contribution in [0.3, 0.4) is 0 Å². The molecular weight excluding hydrogens is 138 g/mol. The van der Waals surface area contributed by atoms with Crippen LogP contribution >= 0.6 is 0 Å². The van der Waals surface area contributed by atoms with Crippen LogP contribution in [0.4, 0.5) is 0 Å². The van der Waals surface area contributed by atoms with Gasteiger partial charge in [0, 0.05) is 12.8 Å². The van der Waals surface area contributed by atoms with Crippen molar-refractivity contribution in [2.75, 3.05) is 0 Å². The van der Waals surface area contributed by atoms with E-state index < -0.39 is 0 Å². The van der Waals surface area contributed by atoms with Crippen molar-refractivity contribution in [3.05, 3.63) is 0 Å². The summed E-state index contributed by atoms with van der Waals surface area (Å²) in [5.74, 6) is 0.898. The first-order chi connectivity index (χ1) is 5.36. The Morgan fingerprint density at radius 2 is 2.00 bits per heavy atom. The van der Waals surface area contributed by atoms with Gasteiger partial charge < -0.3 is 0 Å². The molecule has 2 atom stereocenters. The third kappa shape index (κ3) is 1.33. The van der Waals surface area contributed by atoms with Crippen LogP contribution in [0.1, 0.15) is 26.2 Å². The molecule has 11 heavy (non-hydrogen) atoms. The molecule has 0 bridgehead atoms. The fraction of sp³-hybridized carbons (Fsp3) is 0.750. The average Bonchev–Trinajstić information content (AvgIpc) is 2.55. The molecular formula is C8H14N3+. The van der Waals surface area contributed by atoms with Crippen LogP contribution in [-0.2, 0) is 0 Å². The first-order valence-electron chi connectivity index (χ1n) is 4.29. The molecule has 1 saturated carbocycles. The number of nitrogens with zero attached hydrogens (tertiary/aromatic N) is 2. The number of quaternary nitrogens is 1. The highest BCUT2D eigenvalue weighted by Crippen LogP contribution is 2.22. The average molecular weight is 152 g/mol. The molecule has 2 aliphatic rings. The van der Waals surface area contributed by atoms with Gasteiger partial charge in [0.1, 0.15) is 0 Å². The van der Waals surface area contributed by atoms with Gasteiger partial charge in [-0.1, -0.05) is 17.1 Å². The normalized spacial score (nSPS) is 37.2.